The van der Waals surface area contributed by atoms with Crippen LogP contribution in [-0.4, -0.2) is 21.4 Å². The molecule has 3 aromatic carbocycles. The fourth-order valence-corrected chi connectivity index (χ4v) is 3.98. The van der Waals surface area contributed by atoms with E-state index in [0.717, 1.165) is 15.7 Å². The SMILES string of the molecule is Cc1ccc(N(C)C(=O)c2cccc(S(=O)(=O)Nc3ccc(Br)cc3)c2)cc1. The van der Waals surface area contributed by atoms with Crippen molar-refractivity contribution in [1.29, 1.82) is 0 Å². The summed E-state index contributed by atoms with van der Waals surface area (Å²) in [5, 5.41) is 0. The van der Waals surface area contributed by atoms with Crippen molar-refractivity contribution >= 4 is 43.2 Å². The van der Waals surface area contributed by atoms with E-state index < -0.39 is 10.0 Å². The standard InChI is InChI=1S/C21H19BrN2O3S/c1-15-6-12-19(13-7-15)24(2)21(25)16-4-3-5-20(14-16)28(26,27)23-18-10-8-17(22)9-11-18/h3-14,23H,1-2H3. The second-order valence-electron chi connectivity index (χ2n) is 6.34. The first-order valence-corrected chi connectivity index (χ1v) is 10.8. The van der Waals surface area contributed by atoms with Crippen molar-refractivity contribution < 1.29 is 13.2 Å². The third-order valence-corrected chi connectivity index (χ3v) is 6.12. The summed E-state index contributed by atoms with van der Waals surface area (Å²) in [5.41, 5.74) is 2.56. The summed E-state index contributed by atoms with van der Waals surface area (Å²) in [6.45, 7) is 1.97. The Morgan fingerprint density at radius 2 is 1.61 bits per heavy atom. The average Bonchev–Trinajstić information content (AvgIpc) is 2.69. The highest BCUT2D eigenvalue weighted by atomic mass is 79.9. The van der Waals surface area contributed by atoms with E-state index in [2.05, 4.69) is 20.7 Å². The molecule has 28 heavy (non-hydrogen) atoms. The molecule has 0 saturated heterocycles. The van der Waals surface area contributed by atoms with Crippen molar-refractivity contribution in [1.82, 2.24) is 0 Å². The van der Waals surface area contributed by atoms with Crippen LogP contribution in [0.2, 0.25) is 0 Å². The molecule has 0 spiro atoms. The van der Waals surface area contributed by atoms with Crippen LogP contribution in [-0.2, 0) is 10.0 Å². The van der Waals surface area contributed by atoms with Crippen molar-refractivity contribution in [3.05, 3.63) is 88.4 Å². The number of aryl methyl sites for hydroxylation is 1. The number of carbonyl (C=O) groups is 1. The smallest absolute Gasteiger partial charge is 0.261 e. The lowest BCUT2D eigenvalue weighted by Gasteiger charge is -2.18. The van der Waals surface area contributed by atoms with Gasteiger partial charge in [0.25, 0.3) is 15.9 Å². The van der Waals surface area contributed by atoms with Gasteiger partial charge >= 0.3 is 0 Å². The van der Waals surface area contributed by atoms with Gasteiger partial charge in [-0.3, -0.25) is 9.52 Å². The molecule has 3 aromatic rings. The summed E-state index contributed by atoms with van der Waals surface area (Å²) in [4.78, 5) is 14.3. The Labute approximate surface area is 173 Å². The maximum absolute atomic E-state index is 12.8. The maximum Gasteiger partial charge on any atom is 0.261 e. The van der Waals surface area contributed by atoms with Crippen LogP contribution in [0.1, 0.15) is 15.9 Å². The lowest BCUT2D eigenvalue weighted by molar-refractivity contribution is 0.0993. The molecule has 0 fully saturated rings. The van der Waals surface area contributed by atoms with Crippen molar-refractivity contribution in [2.75, 3.05) is 16.7 Å². The lowest BCUT2D eigenvalue weighted by atomic mass is 10.1. The van der Waals surface area contributed by atoms with Gasteiger partial charge < -0.3 is 4.90 Å². The zero-order valence-electron chi connectivity index (χ0n) is 15.4. The minimum atomic E-state index is -3.81. The number of benzene rings is 3. The molecule has 7 heteroatoms. The molecule has 0 aliphatic rings. The van der Waals surface area contributed by atoms with E-state index in [1.165, 1.54) is 17.0 Å². The molecule has 0 saturated carbocycles. The van der Waals surface area contributed by atoms with E-state index in [1.54, 1.807) is 43.4 Å². The van der Waals surface area contributed by atoms with Crippen LogP contribution in [0.25, 0.3) is 0 Å². The first kappa shape index (κ1) is 20.1. The van der Waals surface area contributed by atoms with E-state index in [9.17, 15) is 13.2 Å². The number of hydrogen-bond acceptors (Lipinski definition) is 3. The van der Waals surface area contributed by atoms with Gasteiger partial charge in [0.05, 0.1) is 4.90 Å². The Bertz CT molecular complexity index is 1100. The molecule has 0 bridgehead atoms. The zero-order chi connectivity index (χ0) is 20.3. The minimum Gasteiger partial charge on any atom is -0.311 e. The van der Waals surface area contributed by atoms with Crippen LogP contribution in [0.3, 0.4) is 0 Å². The minimum absolute atomic E-state index is 0.0265. The zero-order valence-corrected chi connectivity index (χ0v) is 17.8. The Kier molecular flexibility index (Phi) is 5.86. The van der Waals surface area contributed by atoms with Gasteiger partial charge in [-0.05, 0) is 61.5 Å². The molecule has 1 amide bonds. The Morgan fingerprint density at radius 3 is 2.25 bits per heavy atom. The summed E-state index contributed by atoms with van der Waals surface area (Å²) in [6, 6.07) is 20.3. The highest BCUT2D eigenvalue weighted by Gasteiger charge is 2.19. The number of halogens is 1. The Balaban J connectivity index is 1.85. The summed E-state index contributed by atoms with van der Waals surface area (Å²) < 4.78 is 28.8. The number of rotatable bonds is 5. The lowest BCUT2D eigenvalue weighted by Crippen LogP contribution is -2.26. The molecule has 0 aliphatic carbocycles. The molecular formula is C21H19BrN2O3S. The molecule has 0 radical (unpaired) electrons. The second kappa shape index (κ2) is 8.16. The third kappa shape index (κ3) is 4.61. The molecule has 0 aliphatic heterocycles. The number of nitrogens with zero attached hydrogens (tertiary/aromatic N) is 1. The van der Waals surface area contributed by atoms with Gasteiger partial charge in [-0.2, -0.15) is 0 Å². The van der Waals surface area contributed by atoms with Gasteiger partial charge in [-0.15, -0.1) is 0 Å². The van der Waals surface area contributed by atoms with Crippen LogP contribution < -0.4 is 9.62 Å². The van der Waals surface area contributed by atoms with Gasteiger partial charge in [-0.25, -0.2) is 8.42 Å². The molecule has 0 atom stereocenters. The van der Waals surface area contributed by atoms with Crippen LogP contribution in [0.15, 0.2) is 82.2 Å². The van der Waals surface area contributed by atoms with E-state index in [1.807, 2.05) is 31.2 Å². The molecule has 0 unspecified atom stereocenters. The average molecular weight is 459 g/mol. The highest BCUT2D eigenvalue weighted by Crippen LogP contribution is 2.21. The fourth-order valence-electron chi connectivity index (χ4n) is 2.61. The maximum atomic E-state index is 12.8. The summed E-state index contributed by atoms with van der Waals surface area (Å²) in [5.74, 6) is -0.287. The Morgan fingerprint density at radius 1 is 0.964 bits per heavy atom. The van der Waals surface area contributed by atoms with Gasteiger partial charge in [0.1, 0.15) is 0 Å². The van der Waals surface area contributed by atoms with Crippen LogP contribution in [0.4, 0.5) is 11.4 Å². The van der Waals surface area contributed by atoms with Crippen LogP contribution in [0, 0.1) is 6.92 Å². The van der Waals surface area contributed by atoms with Crippen LogP contribution in [0.5, 0.6) is 0 Å². The predicted octanol–water partition coefficient (Wildman–Crippen LogP) is 4.83. The van der Waals surface area contributed by atoms with E-state index in [4.69, 9.17) is 0 Å². The normalized spacial score (nSPS) is 11.1. The number of amides is 1. The number of anilines is 2. The molecule has 1 N–H and O–H groups in total. The number of carbonyl (C=O) groups excluding carboxylic acids is 1. The third-order valence-electron chi connectivity index (χ3n) is 4.21. The summed E-state index contributed by atoms with van der Waals surface area (Å²) in [6.07, 6.45) is 0. The number of sulfonamides is 1. The molecule has 144 valence electrons. The summed E-state index contributed by atoms with van der Waals surface area (Å²) in [7, 11) is -2.15. The molecule has 3 rings (SSSR count). The second-order valence-corrected chi connectivity index (χ2v) is 8.94. The first-order chi connectivity index (χ1) is 13.3. The molecule has 5 nitrogen and oxygen atoms in total. The van der Waals surface area contributed by atoms with Gasteiger partial charge in [-0.1, -0.05) is 39.7 Å². The van der Waals surface area contributed by atoms with Crippen molar-refractivity contribution in [2.24, 2.45) is 0 Å². The highest BCUT2D eigenvalue weighted by molar-refractivity contribution is 9.10. The molecule has 0 heterocycles. The largest absolute Gasteiger partial charge is 0.311 e. The van der Waals surface area contributed by atoms with Crippen molar-refractivity contribution in [2.45, 2.75) is 11.8 Å². The van der Waals surface area contributed by atoms with Gasteiger partial charge in [0, 0.05) is 28.5 Å². The quantitative estimate of drug-likeness (QED) is 0.594. The van der Waals surface area contributed by atoms with Crippen molar-refractivity contribution in [3.63, 3.8) is 0 Å². The van der Waals surface area contributed by atoms with E-state index >= 15 is 0 Å². The topological polar surface area (TPSA) is 66.5 Å². The van der Waals surface area contributed by atoms with E-state index in [-0.39, 0.29) is 10.8 Å². The molecular weight excluding hydrogens is 440 g/mol. The van der Waals surface area contributed by atoms with Gasteiger partial charge in [0.2, 0.25) is 0 Å². The van der Waals surface area contributed by atoms with Gasteiger partial charge in [0.15, 0.2) is 0 Å². The van der Waals surface area contributed by atoms with Crippen LogP contribution >= 0.6 is 15.9 Å². The number of hydrogen-bond donors (Lipinski definition) is 1. The first-order valence-electron chi connectivity index (χ1n) is 8.49. The van der Waals surface area contributed by atoms with E-state index in [0.29, 0.717) is 11.3 Å². The number of nitrogens with one attached hydrogen (secondary N) is 1. The van der Waals surface area contributed by atoms with Crippen molar-refractivity contribution in [3.8, 4) is 0 Å². The monoisotopic (exact) mass is 458 g/mol. The molecule has 0 aromatic heterocycles. The fraction of sp³-hybridized carbons (Fsp3) is 0.0952. The summed E-state index contributed by atoms with van der Waals surface area (Å²) >= 11 is 3.31. The predicted molar refractivity (Wildman–Crippen MR) is 115 cm³/mol. The Hall–Kier alpha value is -2.64.